The third kappa shape index (κ3) is 3.52. The van der Waals surface area contributed by atoms with E-state index in [4.69, 9.17) is 15.2 Å². The summed E-state index contributed by atoms with van der Waals surface area (Å²) in [6.45, 7) is 1.18. The second-order valence-electron chi connectivity index (χ2n) is 6.90. The van der Waals surface area contributed by atoms with Gasteiger partial charge in [0.2, 0.25) is 11.8 Å². The van der Waals surface area contributed by atoms with Gasteiger partial charge in [-0.15, -0.1) is 0 Å². The summed E-state index contributed by atoms with van der Waals surface area (Å²) in [6, 6.07) is 6.20. The lowest BCUT2D eigenvalue weighted by Gasteiger charge is -2.35. The molecule has 2 N–H and O–H groups in total. The molecule has 0 spiro atoms. The number of rotatable bonds is 5. The van der Waals surface area contributed by atoms with Gasteiger partial charge in [-0.3, -0.25) is 9.59 Å². The summed E-state index contributed by atoms with van der Waals surface area (Å²) in [6.07, 6.45) is 1.34. The van der Waals surface area contributed by atoms with Crippen LogP contribution < -0.4 is 5.73 Å². The van der Waals surface area contributed by atoms with Crippen LogP contribution in [-0.2, 0) is 24.5 Å². The number of hydrogen-bond donors (Lipinski definition) is 1. The number of primary amides is 1. The van der Waals surface area contributed by atoms with E-state index in [1.54, 1.807) is 17.0 Å². The van der Waals surface area contributed by atoms with Crippen molar-refractivity contribution in [2.45, 2.75) is 30.3 Å². The first-order chi connectivity index (χ1) is 11.9. The first-order valence-corrected chi connectivity index (χ1v) is 8.37. The Morgan fingerprint density at radius 3 is 2.76 bits per heavy atom. The summed E-state index contributed by atoms with van der Waals surface area (Å²) in [5.41, 5.74) is 4.41. The predicted octanol–water partition coefficient (Wildman–Crippen LogP) is 0.977. The molecular formula is C18H23FN2O4. The molecule has 0 aromatic heterocycles. The van der Waals surface area contributed by atoms with Crippen LogP contribution in [0.1, 0.15) is 24.8 Å². The van der Waals surface area contributed by atoms with Crippen molar-refractivity contribution in [1.82, 2.24) is 4.90 Å². The number of hydrogen-bond acceptors (Lipinski definition) is 4. The van der Waals surface area contributed by atoms with Gasteiger partial charge in [0, 0.05) is 13.7 Å². The summed E-state index contributed by atoms with van der Waals surface area (Å²) >= 11 is 0. The maximum Gasteiger partial charge on any atom is 0.233 e. The number of nitrogens with zero attached hydrogens (tertiary/aromatic N) is 1. The molecular weight excluding hydrogens is 327 g/mol. The molecule has 2 fully saturated rings. The van der Waals surface area contributed by atoms with E-state index in [1.165, 1.54) is 19.2 Å². The van der Waals surface area contributed by atoms with E-state index in [0.29, 0.717) is 31.6 Å². The van der Waals surface area contributed by atoms with Crippen molar-refractivity contribution in [3.05, 3.63) is 35.6 Å². The van der Waals surface area contributed by atoms with E-state index >= 15 is 0 Å². The van der Waals surface area contributed by atoms with Crippen molar-refractivity contribution >= 4 is 11.8 Å². The first kappa shape index (κ1) is 17.8. The molecule has 2 amide bonds. The van der Waals surface area contributed by atoms with Crippen molar-refractivity contribution in [3.63, 3.8) is 0 Å². The maximum absolute atomic E-state index is 13.6. The largest absolute Gasteiger partial charge is 0.377 e. The average molecular weight is 350 g/mol. The fraction of sp³-hybridized carbons (Fsp3) is 0.556. The van der Waals surface area contributed by atoms with Crippen LogP contribution in [0.2, 0.25) is 0 Å². The van der Waals surface area contributed by atoms with Crippen molar-refractivity contribution in [1.29, 1.82) is 0 Å². The Bertz CT molecular complexity index is 677. The molecule has 1 saturated heterocycles. The number of carbonyl (C=O) groups excluding carboxylic acids is 2. The van der Waals surface area contributed by atoms with Crippen LogP contribution in [0.25, 0.3) is 0 Å². The van der Waals surface area contributed by atoms with E-state index < -0.39 is 16.9 Å². The van der Waals surface area contributed by atoms with Crippen molar-refractivity contribution in [2.75, 3.05) is 33.4 Å². The molecule has 1 aromatic carbocycles. The van der Waals surface area contributed by atoms with Gasteiger partial charge >= 0.3 is 0 Å². The average Bonchev–Trinajstić information content (AvgIpc) is 3.39. The fourth-order valence-electron chi connectivity index (χ4n) is 3.54. The van der Waals surface area contributed by atoms with Gasteiger partial charge in [-0.05, 0) is 30.5 Å². The van der Waals surface area contributed by atoms with Gasteiger partial charge < -0.3 is 20.1 Å². The van der Waals surface area contributed by atoms with E-state index in [1.807, 2.05) is 0 Å². The Hall–Kier alpha value is -1.99. The van der Waals surface area contributed by atoms with Gasteiger partial charge in [0.1, 0.15) is 11.4 Å². The van der Waals surface area contributed by atoms with E-state index in [9.17, 15) is 14.0 Å². The van der Waals surface area contributed by atoms with Crippen LogP contribution in [0.15, 0.2) is 24.3 Å². The van der Waals surface area contributed by atoms with Crippen molar-refractivity contribution < 1.29 is 23.5 Å². The summed E-state index contributed by atoms with van der Waals surface area (Å²) < 4.78 is 24.7. The normalized spacial score (nSPS) is 25.3. The first-order valence-electron chi connectivity index (χ1n) is 8.37. The van der Waals surface area contributed by atoms with Crippen LogP contribution in [0, 0.1) is 5.82 Å². The van der Waals surface area contributed by atoms with Gasteiger partial charge in [-0.25, -0.2) is 4.39 Å². The Kier molecular flexibility index (Phi) is 4.79. The molecule has 1 saturated carbocycles. The molecule has 1 atom stereocenters. The molecule has 1 aliphatic carbocycles. The molecule has 2 aliphatic rings. The minimum atomic E-state index is -0.948. The van der Waals surface area contributed by atoms with Gasteiger partial charge in [0.15, 0.2) is 0 Å². The van der Waals surface area contributed by atoms with Gasteiger partial charge in [0.25, 0.3) is 0 Å². The third-order valence-corrected chi connectivity index (χ3v) is 5.10. The molecule has 7 heteroatoms. The fourth-order valence-corrected chi connectivity index (χ4v) is 3.54. The van der Waals surface area contributed by atoms with Crippen molar-refractivity contribution in [3.8, 4) is 0 Å². The quantitative estimate of drug-likeness (QED) is 0.858. The number of halogens is 1. The molecule has 0 unspecified atom stereocenters. The highest BCUT2D eigenvalue weighted by Crippen LogP contribution is 2.50. The topological polar surface area (TPSA) is 81.9 Å². The summed E-state index contributed by atoms with van der Waals surface area (Å²) in [4.78, 5) is 26.3. The molecule has 1 aliphatic heterocycles. The summed E-state index contributed by atoms with van der Waals surface area (Å²) in [5, 5.41) is 0. The molecule has 6 nitrogen and oxygen atoms in total. The zero-order valence-corrected chi connectivity index (χ0v) is 14.3. The lowest BCUT2D eigenvalue weighted by molar-refractivity contribution is -0.141. The van der Waals surface area contributed by atoms with Gasteiger partial charge in [0.05, 0.1) is 31.6 Å². The van der Waals surface area contributed by atoms with Crippen molar-refractivity contribution in [2.24, 2.45) is 5.73 Å². The monoisotopic (exact) mass is 350 g/mol. The molecule has 0 bridgehead atoms. The van der Waals surface area contributed by atoms with Crippen LogP contribution in [0.4, 0.5) is 4.39 Å². The number of amides is 2. The lowest BCUT2D eigenvalue weighted by Crippen LogP contribution is -2.52. The second kappa shape index (κ2) is 6.72. The summed E-state index contributed by atoms with van der Waals surface area (Å²) in [7, 11) is 1.49. The van der Waals surface area contributed by atoms with Crippen LogP contribution >= 0.6 is 0 Å². The number of benzene rings is 1. The minimum absolute atomic E-state index is 0.0275. The number of carbonyl (C=O) groups is 2. The molecule has 3 rings (SSSR count). The molecule has 0 radical (unpaired) electrons. The Balaban J connectivity index is 1.84. The molecule has 136 valence electrons. The molecule has 1 aromatic rings. The number of nitrogens with two attached hydrogens (primary N) is 1. The second-order valence-corrected chi connectivity index (χ2v) is 6.90. The predicted molar refractivity (Wildman–Crippen MR) is 88.3 cm³/mol. The Morgan fingerprint density at radius 1 is 1.40 bits per heavy atom. The SMILES string of the molecule is CO[C@]1(CC(N)=O)COCCN(C(=O)C2(c3cccc(F)c3)CC2)C1. The third-order valence-electron chi connectivity index (χ3n) is 5.10. The highest BCUT2D eigenvalue weighted by Gasteiger charge is 2.54. The number of methoxy groups -OCH3 is 1. The zero-order chi connectivity index (χ0) is 18.1. The highest BCUT2D eigenvalue weighted by atomic mass is 19.1. The Morgan fingerprint density at radius 2 is 2.16 bits per heavy atom. The Labute approximate surface area is 146 Å². The molecule has 1 heterocycles. The molecule has 25 heavy (non-hydrogen) atoms. The van der Waals surface area contributed by atoms with E-state index in [2.05, 4.69) is 0 Å². The van der Waals surface area contributed by atoms with Crippen LogP contribution in [-0.4, -0.2) is 55.7 Å². The van der Waals surface area contributed by atoms with Gasteiger partial charge in [-0.1, -0.05) is 12.1 Å². The lowest BCUT2D eigenvalue weighted by atomic mass is 9.92. The van der Waals surface area contributed by atoms with Gasteiger partial charge in [-0.2, -0.15) is 0 Å². The highest BCUT2D eigenvalue weighted by molar-refractivity contribution is 5.91. The minimum Gasteiger partial charge on any atom is -0.377 e. The van der Waals surface area contributed by atoms with Crippen LogP contribution in [0.3, 0.4) is 0 Å². The van der Waals surface area contributed by atoms with Crippen LogP contribution in [0.5, 0.6) is 0 Å². The smallest absolute Gasteiger partial charge is 0.233 e. The standard InChI is InChI=1S/C18H23FN2O4/c1-24-17(10-15(20)22)11-21(7-8-25-12-17)16(23)18(5-6-18)13-3-2-4-14(19)9-13/h2-4,9H,5-8,10-12H2,1H3,(H2,20,22)/t17-/m0/s1. The summed E-state index contributed by atoms with van der Waals surface area (Å²) in [5.74, 6) is -0.934. The number of ether oxygens (including phenoxy) is 2. The van der Waals surface area contributed by atoms with E-state index in [-0.39, 0.29) is 31.3 Å². The zero-order valence-electron chi connectivity index (χ0n) is 14.3. The van der Waals surface area contributed by atoms with E-state index in [0.717, 1.165) is 0 Å². The maximum atomic E-state index is 13.6.